The maximum atomic E-state index is 11.3. The lowest BCUT2D eigenvalue weighted by Gasteiger charge is -2.06. The molecule has 4 heteroatoms. The number of benzene rings is 1. The quantitative estimate of drug-likeness (QED) is 0.842. The molecular weight excluding hydrogens is 248 g/mol. The van der Waals surface area contributed by atoms with Crippen LogP contribution in [0.15, 0.2) is 35.7 Å². The molecule has 0 aliphatic heterocycles. The molecule has 2 aromatic rings. The zero-order valence-corrected chi connectivity index (χ0v) is 10.9. The monoisotopic (exact) mass is 262 g/mol. The highest BCUT2D eigenvalue weighted by Crippen LogP contribution is 2.26. The van der Waals surface area contributed by atoms with E-state index < -0.39 is 0 Å². The molecule has 0 aliphatic rings. The summed E-state index contributed by atoms with van der Waals surface area (Å²) in [4.78, 5) is 12.0. The van der Waals surface area contributed by atoms with E-state index in [0.717, 1.165) is 11.1 Å². The summed E-state index contributed by atoms with van der Waals surface area (Å²) in [6.07, 6.45) is 0. The molecule has 0 saturated carbocycles. The number of aliphatic hydroxyl groups is 1. The number of rotatable bonds is 5. The van der Waals surface area contributed by atoms with Crippen molar-refractivity contribution in [2.45, 2.75) is 20.1 Å². The van der Waals surface area contributed by atoms with Gasteiger partial charge in [-0.15, -0.1) is 11.3 Å². The average molecular weight is 262 g/mol. The molecule has 1 N–H and O–H groups in total. The van der Waals surface area contributed by atoms with Crippen molar-refractivity contribution < 1.29 is 14.6 Å². The Morgan fingerprint density at radius 1 is 1.22 bits per heavy atom. The summed E-state index contributed by atoms with van der Waals surface area (Å²) in [5, 5.41) is 10.8. The molecule has 0 aliphatic carbocycles. The first-order valence-electron chi connectivity index (χ1n) is 5.60. The van der Waals surface area contributed by atoms with Crippen LogP contribution in [0.4, 0.5) is 0 Å². The van der Waals surface area contributed by atoms with Crippen LogP contribution in [0.25, 0.3) is 0 Å². The van der Waals surface area contributed by atoms with Crippen molar-refractivity contribution in [2.75, 3.05) is 0 Å². The second-order valence-electron chi connectivity index (χ2n) is 3.93. The summed E-state index contributed by atoms with van der Waals surface area (Å²) in [7, 11) is 0. The Morgan fingerprint density at radius 2 is 1.89 bits per heavy atom. The minimum absolute atomic E-state index is 0.0237. The first-order valence-corrected chi connectivity index (χ1v) is 6.48. The van der Waals surface area contributed by atoms with E-state index in [-0.39, 0.29) is 12.4 Å². The highest BCUT2D eigenvalue weighted by molar-refractivity contribution is 7.12. The molecule has 2 rings (SSSR count). The van der Waals surface area contributed by atoms with E-state index in [4.69, 9.17) is 9.84 Å². The summed E-state index contributed by atoms with van der Waals surface area (Å²) < 4.78 is 5.63. The van der Waals surface area contributed by atoms with Crippen molar-refractivity contribution in [3.05, 3.63) is 51.7 Å². The van der Waals surface area contributed by atoms with Gasteiger partial charge in [-0.3, -0.25) is 4.79 Å². The largest absolute Gasteiger partial charge is 0.487 e. The Morgan fingerprint density at radius 3 is 2.50 bits per heavy atom. The number of ketones is 1. The molecule has 3 nitrogen and oxygen atoms in total. The van der Waals surface area contributed by atoms with Gasteiger partial charge in [-0.2, -0.15) is 0 Å². The fourth-order valence-corrected chi connectivity index (χ4v) is 2.31. The number of Topliss-reactive ketones (excluding diaryl/α,β-unsaturated/α-hetero) is 1. The normalized spacial score (nSPS) is 10.3. The van der Waals surface area contributed by atoms with Crippen LogP contribution in [-0.4, -0.2) is 10.9 Å². The molecule has 0 unspecified atom stereocenters. The molecule has 1 aromatic carbocycles. The smallest absolute Gasteiger partial charge is 0.173 e. The molecular formula is C14H14O3S. The second kappa shape index (κ2) is 5.80. The summed E-state index contributed by atoms with van der Waals surface area (Å²) >= 11 is 1.39. The van der Waals surface area contributed by atoms with Gasteiger partial charge in [-0.25, -0.2) is 0 Å². The predicted octanol–water partition coefficient (Wildman–Crippen LogP) is 3.02. The second-order valence-corrected chi connectivity index (χ2v) is 4.85. The maximum Gasteiger partial charge on any atom is 0.173 e. The summed E-state index contributed by atoms with van der Waals surface area (Å²) in [5.41, 5.74) is 1.88. The Hall–Kier alpha value is -1.65. The molecule has 0 atom stereocenters. The third kappa shape index (κ3) is 2.97. The Kier molecular flexibility index (Phi) is 4.12. The molecule has 0 saturated heterocycles. The zero-order chi connectivity index (χ0) is 13.0. The van der Waals surface area contributed by atoms with Crippen molar-refractivity contribution in [1.29, 1.82) is 0 Å². The van der Waals surface area contributed by atoms with Crippen LogP contribution in [0.5, 0.6) is 5.75 Å². The van der Waals surface area contributed by atoms with Crippen molar-refractivity contribution in [3.8, 4) is 5.75 Å². The number of hydrogen-bond acceptors (Lipinski definition) is 4. The van der Waals surface area contributed by atoms with Gasteiger partial charge in [0, 0.05) is 6.92 Å². The topological polar surface area (TPSA) is 46.5 Å². The number of carbonyl (C=O) groups is 1. The number of thiophene rings is 1. The van der Waals surface area contributed by atoms with Crippen LogP contribution in [0.3, 0.4) is 0 Å². The van der Waals surface area contributed by atoms with Gasteiger partial charge < -0.3 is 9.84 Å². The highest BCUT2D eigenvalue weighted by Gasteiger charge is 2.09. The number of ether oxygens (including phenoxy) is 1. The third-order valence-corrected chi connectivity index (χ3v) is 3.55. The third-order valence-electron chi connectivity index (χ3n) is 2.55. The standard InChI is InChI=1S/C14H14O3S/c1-10(16)14-13(6-7-18-14)17-9-12-4-2-11(8-15)3-5-12/h2-7,15H,8-9H2,1H3. The zero-order valence-electron chi connectivity index (χ0n) is 10.1. The fraction of sp³-hybridized carbons (Fsp3) is 0.214. The minimum atomic E-state index is 0.0237. The molecule has 0 radical (unpaired) electrons. The first kappa shape index (κ1) is 12.8. The molecule has 0 amide bonds. The van der Waals surface area contributed by atoms with E-state index >= 15 is 0 Å². The van der Waals surface area contributed by atoms with E-state index in [0.29, 0.717) is 17.2 Å². The lowest BCUT2D eigenvalue weighted by atomic mass is 10.1. The lowest BCUT2D eigenvalue weighted by Crippen LogP contribution is -1.98. The average Bonchev–Trinajstić information content (AvgIpc) is 2.85. The van der Waals surface area contributed by atoms with Crippen LogP contribution in [0.2, 0.25) is 0 Å². The summed E-state index contributed by atoms with van der Waals surface area (Å²) in [5.74, 6) is 0.661. The van der Waals surface area contributed by atoms with Gasteiger partial charge in [-0.1, -0.05) is 24.3 Å². The van der Waals surface area contributed by atoms with Crippen molar-refractivity contribution in [3.63, 3.8) is 0 Å². The van der Waals surface area contributed by atoms with Gasteiger partial charge in [-0.05, 0) is 22.6 Å². The maximum absolute atomic E-state index is 11.3. The van der Waals surface area contributed by atoms with Crippen LogP contribution in [0, 0.1) is 0 Å². The van der Waals surface area contributed by atoms with Crippen molar-refractivity contribution in [2.24, 2.45) is 0 Å². The molecule has 0 bridgehead atoms. The SMILES string of the molecule is CC(=O)c1sccc1OCc1ccc(CO)cc1. The van der Waals surface area contributed by atoms with E-state index in [2.05, 4.69) is 0 Å². The van der Waals surface area contributed by atoms with Gasteiger partial charge >= 0.3 is 0 Å². The first-order chi connectivity index (χ1) is 8.70. The fourth-order valence-electron chi connectivity index (χ4n) is 1.57. The molecule has 0 fully saturated rings. The van der Waals surface area contributed by atoms with Crippen LogP contribution in [-0.2, 0) is 13.2 Å². The number of hydrogen-bond donors (Lipinski definition) is 1. The number of carbonyl (C=O) groups excluding carboxylic acids is 1. The Labute approximate surface area is 110 Å². The van der Waals surface area contributed by atoms with Crippen LogP contribution < -0.4 is 4.74 Å². The van der Waals surface area contributed by atoms with E-state index in [1.807, 2.05) is 35.7 Å². The molecule has 1 heterocycles. The van der Waals surface area contributed by atoms with Gasteiger partial charge in [0.25, 0.3) is 0 Å². The minimum Gasteiger partial charge on any atom is -0.487 e. The Balaban J connectivity index is 2.02. The predicted molar refractivity (Wildman–Crippen MR) is 71.0 cm³/mol. The molecule has 1 aromatic heterocycles. The molecule has 94 valence electrons. The Bertz CT molecular complexity index is 528. The molecule has 0 spiro atoms. The molecule has 18 heavy (non-hydrogen) atoms. The van der Waals surface area contributed by atoms with Gasteiger partial charge in [0.05, 0.1) is 6.61 Å². The summed E-state index contributed by atoms with van der Waals surface area (Å²) in [6, 6.07) is 9.34. The van der Waals surface area contributed by atoms with Gasteiger partial charge in [0.15, 0.2) is 5.78 Å². The van der Waals surface area contributed by atoms with Crippen LogP contribution >= 0.6 is 11.3 Å². The number of aliphatic hydroxyl groups excluding tert-OH is 1. The van der Waals surface area contributed by atoms with Crippen molar-refractivity contribution in [1.82, 2.24) is 0 Å². The van der Waals surface area contributed by atoms with E-state index in [9.17, 15) is 4.79 Å². The van der Waals surface area contributed by atoms with Gasteiger partial charge in [0.1, 0.15) is 17.2 Å². The highest BCUT2D eigenvalue weighted by atomic mass is 32.1. The van der Waals surface area contributed by atoms with Crippen molar-refractivity contribution >= 4 is 17.1 Å². The van der Waals surface area contributed by atoms with E-state index in [1.54, 1.807) is 0 Å². The van der Waals surface area contributed by atoms with Gasteiger partial charge in [0.2, 0.25) is 0 Å². The van der Waals surface area contributed by atoms with Crippen LogP contribution in [0.1, 0.15) is 27.7 Å². The summed E-state index contributed by atoms with van der Waals surface area (Å²) in [6.45, 7) is 2.00. The lowest BCUT2D eigenvalue weighted by molar-refractivity contribution is 0.101. The van der Waals surface area contributed by atoms with E-state index in [1.165, 1.54) is 18.3 Å².